The minimum absolute atomic E-state index is 0.0658. The van der Waals surface area contributed by atoms with Crippen molar-refractivity contribution in [2.75, 3.05) is 7.11 Å². The summed E-state index contributed by atoms with van der Waals surface area (Å²) in [4.78, 5) is 12.7. The lowest BCUT2D eigenvalue weighted by Crippen LogP contribution is -2.38. The molecule has 4 nitrogen and oxygen atoms in total. The Balaban J connectivity index is 1.92. The number of nitrogens with one attached hydrogen (secondary N) is 2. The highest BCUT2D eigenvalue weighted by atomic mass is 16.5. The molecule has 0 aliphatic carbocycles. The van der Waals surface area contributed by atoms with Gasteiger partial charge in [-0.25, -0.2) is 10.9 Å². The number of carbonyl (C=O) groups excluding carboxylic acids is 1. The maximum absolute atomic E-state index is 12.7. The largest absolute Gasteiger partial charge is 0.365 e. The molecule has 3 rings (SSSR count). The molecule has 1 fully saturated rings. The normalized spacial score (nSPS) is 24.9. The van der Waals surface area contributed by atoms with Gasteiger partial charge < -0.3 is 4.74 Å². The molecule has 3 unspecified atom stereocenters. The third-order valence-corrected chi connectivity index (χ3v) is 3.85. The predicted molar refractivity (Wildman–Crippen MR) is 80.8 cm³/mol. The number of Topliss-reactive ketones (excluding diaryl/α,β-unsaturated/α-hetero) is 1. The Morgan fingerprint density at radius 3 is 2.19 bits per heavy atom. The van der Waals surface area contributed by atoms with Crippen LogP contribution in [0.3, 0.4) is 0 Å². The van der Waals surface area contributed by atoms with Crippen molar-refractivity contribution in [2.45, 2.75) is 18.2 Å². The first-order valence-electron chi connectivity index (χ1n) is 6.99. The Bertz CT molecular complexity index is 601. The SMILES string of the molecule is COC1NNC(C(=O)c2ccccc2)C1c1ccccc1. The highest BCUT2D eigenvalue weighted by molar-refractivity contribution is 6.01. The number of carbonyl (C=O) groups is 1. The number of hydrogen-bond donors (Lipinski definition) is 2. The van der Waals surface area contributed by atoms with Crippen molar-refractivity contribution >= 4 is 5.78 Å². The van der Waals surface area contributed by atoms with E-state index in [1.807, 2.05) is 60.7 Å². The molecule has 0 bridgehead atoms. The first-order chi connectivity index (χ1) is 10.3. The number of methoxy groups -OCH3 is 1. The second kappa shape index (κ2) is 6.18. The van der Waals surface area contributed by atoms with Gasteiger partial charge >= 0.3 is 0 Å². The second-order valence-electron chi connectivity index (χ2n) is 5.09. The van der Waals surface area contributed by atoms with E-state index in [2.05, 4.69) is 10.9 Å². The number of ketones is 1. The van der Waals surface area contributed by atoms with Crippen LogP contribution in [0.5, 0.6) is 0 Å². The van der Waals surface area contributed by atoms with E-state index in [1.165, 1.54) is 0 Å². The molecule has 0 aromatic heterocycles. The van der Waals surface area contributed by atoms with Gasteiger partial charge in [0.1, 0.15) is 6.23 Å². The molecule has 2 N–H and O–H groups in total. The van der Waals surface area contributed by atoms with Gasteiger partial charge in [0, 0.05) is 18.6 Å². The molecular weight excluding hydrogens is 264 g/mol. The monoisotopic (exact) mass is 282 g/mol. The molecule has 0 amide bonds. The van der Waals surface area contributed by atoms with E-state index >= 15 is 0 Å². The molecule has 4 heteroatoms. The standard InChI is InChI=1S/C17H18N2O2/c1-21-17-14(12-8-4-2-5-9-12)15(18-19-17)16(20)13-10-6-3-7-11-13/h2-11,14-15,17-19H,1H3. The predicted octanol–water partition coefficient (Wildman–Crippen LogP) is 2.10. The van der Waals surface area contributed by atoms with Crippen molar-refractivity contribution in [3.63, 3.8) is 0 Å². The first-order valence-corrected chi connectivity index (χ1v) is 6.99. The maximum Gasteiger partial charge on any atom is 0.181 e. The number of benzene rings is 2. The van der Waals surface area contributed by atoms with Gasteiger partial charge in [0.15, 0.2) is 5.78 Å². The summed E-state index contributed by atoms with van der Waals surface area (Å²) in [6, 6.07) is 19.0. The van der Waals surface area contributed by atoms with Crippen molar-refractivity contribution in [3.8, 4) is 0 Å². The highest BCUT2D eigenvalue weighted by Crippen LogP contribution is 2.29. The van der Waals surface area contributed by atoms with Crippen LogP contribution >= 0.6 is 0 Å². The zero-order valence-corrected chi connectivity index (χ0v) is 11.8. The number of ether oxygens (including phenoxy) is 1. The lowest BCUT2D eigenvalue weighted by Gasteiger charge is -2.21. The molecule has 108 valence electrons. The van der Waals surface area contributed by atoms with E-state index in [0.29, 0.717) is 5.56 Å². The third kappa shape index (κ3) is 2.74. The first kappa shape index (κ1) is 13.9. The summed E-state index contributed by atoms with van der Waals surface area (Å²) in [6.07, 6.45) is -0.231. The molecule has 3 atom stereocenters. The number of hydrazine groups is 1. The Morgan fingerprint density at radius 1 is 0.952 bits per heavy atom. The van der Waals surface area contributed by atoms with Gasteiger partial charge in [-0.1, -0.05) is 60.7 Å². The van der Waals surface area contributed by atoms with Gasteiger partial charge in [-0.15, -0.1) is 0 Å². The Morgan fingerprint density at radius 2 is 1.57 bits per heavy atom. The van der Waals surface area contributed by atoms with E-state index in [0.717, 1.165) is 5.56 Å². The number of rotatable bonds is 4. The smallest absolute Gasteiger partial charge is 0.181 e. The van der Waals surface area contributed by atoms with E-state index in [4.69, 9.17) is 4.74 Å². The van der Waals surface area contributed by atoms with Crippen molar-refractivity contribution in [1.29, 1.82) is 0 Å². The average molecular weight is 282 g/mol. The van der Waals surface area contributed by atoms with Crippen LogP contribution in [0.2, 0.25) is 0 Å². The molecule has 0 saturated carbocycles. The molecule has 0 radical (unpaired) electrons. The second-order valence-corrected chi connectivity index (χ2v) is 5.09. The summed E-state index contributed by atoms with van der Waals surface area (Å²) >= 11 is 0. The fourth-order valence-corrected chi connectivity index (χ4v) is 2.78. The Hall–Kier alpha value is -2.01. The van der Waals surface area contributed by atoms with Gasteiger partial charge in [-0.05, 0) is 5.56 Å². The summed E-state index contributed by atoms with van der Waals surface area (Å²) < 4.78 is 5.47. The van der Waals surface area contributed by atoms with Crippen molar-refractivity contribution in [1.82, 2.24) is 10.9 Å². The van der Waals surface area contributed by atoms with E-state index in [1.54, 1.807) is 7.11 Å². The lowest BCUT2D eigenvalue weighted by molar-refractivity contribution is 0.0699. The van der Waals surface area contributed by atoms with E-state index < -0.39 is 0 Å². The molecule has 1 aliphatic rings. The van der Waals surface area contributed by atoms with Crippen LogP contribution in [0.25, 0.3) is 0 Å². The lowest BCUT2D eigenvalue weighted by atomic mass is 9.87. The zero-order valence-electron chi connectivity index (χ0n) is 11.8. The van der Waals surface area contributed by atoms with Crippen molar-refractivity contribution in [2.24, 2.45) is 0 Å². The van der Waals surface area contributed by atoms with Gasteiger partial charge in [0.05, 0.1) is 6.04 Å². The fraction of sp³-hybridized carbons (Fsp3) is 0.235. The van der Waals surface area contributed by atoms with Crippen LogP contribution in [-0.4, -0.2) is 25.2 Å². The minimum atomic E-state index is -0.347. The molecule has 1 aliphatic heterocycles. The molecule has 21 heavy (non-hydrogen) atoms. The maximum atomic E-state index is 12.7. The average Bonchev–Trinajstić information content (AvgIpc) is 2.99. The number of hydrogen-bond acceptors (Lipinski definition) is 4. The van der Waals surface area contributed by atoms with Crippen molar-refractivity contribution < 1.29 is 9.53 Å². The summed E-state index contributed by atoms with van der Waals surface area (Å²) in [5.41, 5.74) is 7.93. The molecule has 1 saturated heterocycles. The summed E-state index contributed by atoms with van der Waals surface area (Å²) in [6.45, 7) is 0. The molecule has 1 heterocycles. The zero-order chi connectivity index (χ0) is 14.7. The van der Waals surface area contributed by atoms with Gasteiger partial charge in [0.25, 0.3) is 0 Å². The summed E-state index contributed by atoms with van der Waals surface area (Å²) in [7, 11) is 1.64. The molecule has 2 aromatic carbocycles. The Labute approximate surface area is 124 Å². The van der Waals surface area contributed by atoms with Crippen LogP contribution in [-0.2, 0) is 4.74 Å². The molecule has 0 spiro atoms. The van der Waals surface area contributed by atoms with Gasteiger partial charge in [-0.3, -0.25) is 4.79 Å². The van der Waals surface area contributed by atoms with Crippen LogP contribution in [0.1, 0.15) is 21.8 Å². The topological polar surface area (TPSA) is 50.4 Å². The summed E-state index contributed by atoms with van der Waals surface area (Å²) in [5, 5.41) is 0. The van der Waals surface area contributed by atoms with Crippen LogP contribution in [0.4, 0.5) is 0 Å². The molecular formula is C17H18N2O2. The Kier molecular flexibility index (Phi) is 4.10. The van der Waals surface area contributed by atoms with Crippen LogP contribution < -0.4 is 10.9 Å². The van der Waals surface area contributed by atoms with E-state index in [-0.39, 0.29) is 24.0 Å². The van der Waals surface area contributed by atoms with Gasteiger partial charge in [0.2, 0.25) is 0 Å². The van der Waals surface area contributed by atoms with E-state index in [9.17, 15) is 4.79 Å². The fourth-order valence-electron chi connectivity index (χ4n) is 2.78. The molecule has 2 aromatic rings. The van der Waals surface area contributed by atoms with Crippen LogP contribution in [0, 0.1) is 0 Å². The van der Waals surface area contributed by atoms with Crippen molar-refractivity contribution in [3.05, 3.63) is 71.8 Å². The highest BCUT2D eigenvalue weighted by Gasteiger charge is 2.41. The minimum Gasteiger partial charge on any atom is -0.365 e. The quantitative estimate of drug-likeness (QED) is 0.843. The van der Waals surface area contributed by atoms with Crippen LogP contribution in [0.15, 0.2) is 60.7 Å². The summed E-state index contributed by atoms with van der Waals surface area (Å²) in [5.74, 6) is 0.000379. The van der Waals surface area contributed by atoms with Gasteiger partial charge in [-0.2, -0.15) is 0 Å². The third-order valence-electron chi connectivity index (χ3n) is 3.85.